The lowest BCUT2D eigenvalue weighted by atomic mass is 9.61. The lowest BCUT2D eigenvalue weighted by Crippen LogP contribution is -2.37. The van der Waals surface area contributed by atoms with E-state index in [1.807, 2.05) is 25.2 Å². The maximum atomic E-state index is 15.5. The molecule has 0 radical (unpaired) electrons. The first-order valence-corrected chi connectivity index (χ1v) is 12.5. The molecule has 0 heterocycles. The zero-order valence-electron chi connectivity index (χ0n) is 20.5. The van der Waals surface area contributed by atoms with Gasteiger partial charge in [-0.25, -0.2) is 13.2 Å². The number of rotatable bonds is 6. The third kappa shape index (κ3) is 5.51. The minimum absolute atomic E-state index is 0.0246. The molecule has 0 bridgehead atoms. The van der Waals surface area contributed by atoms with Crippen LogP contribution in [0.1, 0.15) is 66.2 Å². The minimum atomic E-state index is -2.36. The Morgan fingerprint density at radius 3 is 2.45 bits per heavy atom. The number of fused-ring (bicyclic) bond motifs is 1. The van der Waals surface area contributed by atoms with Gasteiger partial charge in [0, 0.05) is 18.3 Å². The Morgan fingerprint density at radius 2 is 1.79 bits per heavy atom. The van der Waals surface area contributed by atoms with Crippen LogP contribution in [0.15, 0.2) is 47.6 Å². The number of hydrogen-bond donors (Lipinski definition) is 2. The van der Waals surface area contributed by atoms with Gasteiger partial charge in [-0.1, -0.05) is 64.2 Å². The van der Waals surface area contributed by atoms with E-state index in [4.69, 9.17) is 0 Å². The Labute approximate surface area is 197 Å². The van der Waals surface area contributed by atoms with E-state index < -0.39 is 30.7 Å². The fraction of sp³-hybridized carbons (Fsp3) is 0.714. The number of aliphatic hydroxyl groups excluding tert-OH is 2. The van der Waals surface area contributed by atoms with Gasteiger partial charge in [0.2, 0.25) is 6.43 Å². The first kappa shape index (κ1) is 26.3. The molecule has 3 fully saturated rings. The summed E-state index contributed by atoms with van der Waals surface area (Å²) in [5.41, 5.74) is 2.59. The quantitative estimate of drug-likeness (QED) is 0.422. The number of allylic oxidation sites excluding steroid dienone is 5. The van der Waals surface area contributed by atoms with Crippen LogP contribution >= 0.6 is 0 Å². The van der Waals surface area contributed by atoms with Gasteiger partial charge in [0.05, 0.1) is 12.2 Å². The molecule has 3 saturated carbocycles. The van der Waals surface area contributed by atoms with Crippen LogP contribution in [0.2, 0.25) is 0 Å². The fourth-order valence-electron chi connectivity index (χ4n) is 6.52. The summed E-state index contributed by atoms with van der Waals surface area (Å²) >= 11 is 0. The Kier molecular flexibility index (Phi) is 8.37. The molecule has 5 heteroatoms. The number of halogens is 3. The van der Waals surface area contributed by atoms with Crippen LogP contribution in [-0.4, -0.2) is 35.0 Å². The summed E-state index contributed by atoms with van der Waals surface area (Å²) in [7, 11) is 0. The van der Waals surface area contributed by atoms with E-state index in [9.17, 15) is 19.0 Å². The third-order valence-electron chi connectivity index (χ3n) is 8.81. The van der Waals surface area contributed by atoms with Gasteiger partial charge in [0.1, 0.15) is 6.17 Å². The van der Waals surface area contributed by atoms with Gasteiger partial charge in [-0.05, 0) is 66.4 Å². The first-order chi connectivity index (χ1) is 15.5. The molecule has 2 N–H and O–H groups in total. The van der Waals surface area contributed by atoms with E-state index in [1.165, 1.54) is 5.57 Å². The second-order valence-corrected chi connectivity index (χ2v) is 11.1. The summed E-state index contributed by atoms with van der Waals surface area (Å²) in [4.78, 5) is 0. The van der Waals surface area contributed by atoms with Crippen LogP contribution in [-0.2, 0) is 0 Å². The van der Waals surface area contributed by atoms with Crippen LogP contribution in [0.3, 0.4) is 0 Å². The van der Waals surface area contributed by atoms with E-state index in [1.54, 1.807) is 13.8 Å². The molecule has 0 aliphatic heterocycles. The number of alkyl halides is 3. The summed E-state index contributed by atoms with van der Waals surface area (Å²) in [5.74, 6) is -0.993. The highest BCUT2D eigenvalue weighted by atomic mass is 19.3. The molecular weight excluding hydrogens is 425 g/mol. The van der Waals surface area contributed by atoms with Gasteiger partial charge in [0.25, 0.3) is 0 Å². The second-order valence-electron chi connectivity index (χ2n) is 11.1. The zero-order valence-corrected chi connectivity index (χ0v) is 20.5. The summed E-state index contributed by atoms with van der Waals surface area (Å²) in [6.07, 6.45) is 7.45. The summed E-state index contributed by atoms with van der Waals surface area (Å²) in [6, 6.07) is 0. The monoisotopic (exact) mass is 466 g/mol. The van der Waals surface area contributed by atoms with Crippen LogP contribution in [0.5, 0.6) is 0 Å². The highest BCUT2D eigenvalue weighted by Crippen LogP contribution is 2.60. The van der Waals surface area contributed by atoms with Gasteiger partial charge in [0.15, 0.2) is 0 Å². The van der Waals surface area contributed by atoms with Gasteiger partial charge in [-0.2, -0.15) is 0 Å². The van der Waals surface area contributed by atoms with Crippen molar-refractivity contribution in [2.45, 2.75) is 91.0 Å². The van der Waals surface area contributed by atoms with Gasteiger partial charge >= 0.3 is 0 Å². The maximum Gasteiger partial charge on any atom is 0.241 e. The molecule has 3 rings (SSSR count). The summed E-state index contributed by atoms with van der Waals surface area (Å²) < 4.78 is 41.5. The molecule has 3 aliphatic carbocycles. The average molecular weight is 467 g/mol. The molecule has 33 heavy (non-hydrogen) atoms. The van der Waals surface area contributed by atoms with Crippen molar-refractivity contribution in [3.63, 3.8) is 0 Å². The van der Waals surface area contributed by atoms with Crippen LogP contribution in [0.4, 0.5) is 13.2 Å². The van der Waals surface area contributed by atoms with E-state index in [-0.39, 0.29) is 29.1 Å². The zero-order chi connectivity index (χ0) is 24.5. The summed E-state index contributed by atoms with van der Waals surface area (Å²) in [6.45, 7) is 11.6. The molecule has 0 amide bonds. The standard InChI is InChI=1S/C28H41F3O2/c1-16(18(3)27(30)31)8-9-17(2)26-24(29)15-23-20(7-6-12-28(23,26)5)10-11-21-13-22(32)14-25(33)19(21)4/h8-11,16-18,22-27,32-33H,4,6-7,12-15H2,1-3,5H3/b9-8+,20-10+,21-11+/t16-,17-,18?,22+,23?,24?,25?,26-,28-/m1/s1. The van der Waals surface area contributed by atoms with Crippen molar-refractivity contribution in [3.05, 3.63) is 47.6 Å². The Bertz CT molecular complexity index is 801. The predicted octanol–water partition coefficient (Wildman–Crippen LogP) is 6.81. The van der Waals surface area contributed by atoms with E-state index >= 15 is 4.39 Å². The minimum Gasteiger partial charge on any atom is -0.393 e. The van der Waals surface area contributed by atoms with Gasteiger partial charge < -0.3 is 10.2 Å². The van der Waals surface area contributed by atoms with Crippen molar-refractivity contribution in [1.29, 1.82) is 0 Å². The largest absolute Gasteiger partial charge is 0.393 e. The van der Waals surface area contributed by atoms with Crippen molar-refractivity contribution in [3.8, 4) is 0 Å². The molecule has 186 valence electrons. The van der Waals surface area contributed by atoms with Crippen molar-refractivity contribution in [1.82, 2.24) is 0 Å². The highest BCUT2D eigenvalue weighted by Gasteiger charge is 2.55. The topological polar surface area (TPSA) is 40.5 Å². The van der Waals surface area contributed by atoms with E-state index in [2.05, 4.69) is 19.6 Å². The van der Waals surface area contributed by atoms with E-state index in [0.717, 1.165) is 24.8 Å². The van der Waals surface area contributed by atoms with Crippen molar-refractivity contribution < 1.29 is 23.4 Å². The highest BCUT2D eigenvalue weighted by molar-refractivity contribution is 5.38. The molecule has 0 aromatic heterocycles. The average Bonchev–Trinajstić information content (AvgIpc) is 3.02. The Balaban J connectivity index is 1.79. The maximum absolute atomic E-state index is 15.5. The van der Waals surface area contributed by atoms with E-state index in [0.29, 0.717) is 24.8 Å². The van der Waals surface area contributed by atoms with Crippen LogP contribution < -0.4 is 0 Å². The normalized spacial score (nSPS) is 40.5. The Morgan fingerprint density at radius 1 is 1.09 bits per heavy atom. The lowest BCUT2D eigenvalue weighted by Gasteiger charge is -2.44. The second kappa shape index (κ2) is 10.5. The van der Waals surface area contributed by atoms with Crippen LogP contribution in [0.25, 0.3) is 0 Å². The smallest absolute Gasteiger partial charge is 0.241 e. The molecule has 0 aromatic rings. The Hall–Kier alpha value is -1.33. The van der Waals surface area contributed by atoms with Crippen molar-refractivity contribution >= 4 is 0 Å². The molecular formula is C28H41F3O2. The molecule has 2 nitrogen and oxygen atoms in total. The molecule has 9 atom stereocenters. The van der Waals surface area contributed by atoms with Gasteiger partial charge in [-0.3, -0.25) is 0 Å². The molecule has 0 aromatic carbocycles. The van der Waals surface area contributed by atoms with Crippen molar-refractivity contribution in [2.75, 3.05) is 0 Å². The first-order valence-electron chi connectivity index (χ1n) is 12.5. The summed E-state index contributed by atoms with van der Waals surface area (Å²) in [5, 5.41) is 20.1. The van der Waals surface area contributed by atoms with Crippen LogP contribution in [0, 0.1) is 35.0 Å². The van der Waals surface area contributed by atoms with Crippen molar-refractivity contribution in [2.24, 2.45) is 35.0 Å². The molecule has 3 aliphatic rings. The number of aliphatic hydroxyl groups is 2. The SMILES string of the molecule is C=C1/C(=C/C=C2\CCC[C@]3(C)C2CC(F)[C@H]3[C@H](C)/C=C/[C@@H](C)C(C)C(F)F)C[C@H](O)CC1O. The molecule has 0 spiro atoms. The lowest BCUT2D eigenvalue weighted by molar-refractivity contribution is 0.0674. The molecule has 0 saturated heterocycles. The molecule has 4 unspecified atom stereocenters. The number of hydrogen-bond acceptors (Lipinski definition) is 2. The predicted molar refractivity (Wildman–Crippen MR) is 128 cm³/mol. The third-order valence-corrected chi connectivity index (χ3v) is 8.81. The van der Waals surface area contributed by atoms with Gasteiger partial charge in [-0.15, -0.1) is 0 Å². The fourth-order valence-corrected chi connectivity index (χ4v) is 6.52.